The molecule has 1 aliphatic heterocycles. The Morgan fingerprint density at radius 2 is 2.22 bits per heavy atom. The smallest absolute Gasteiger partial charge is 0.410 e. The normalized spacial score (nSPS) is 19.7. The zero-order valence-electron chi connectivity index (χ0n) is 13.8. The van der Waals surface area contributed by atoms with Crippen molar-refractivity contribution in [1.29, 1.82) is 0 Å². The Balaban J connectivity index is 1.90. The lowest BCUT2D eigenvalue weighted by molar-refractivity contribution is 0.0286. The van der Waals surface area contributed by atoms with E-state index in [9.17, 15) is 9.18 Å². The predicted molar refractivity (Wildman–Crippen MR) is 89.0 cm³/mol. The number of hydrogen-bond donors (Lipinski definition) is 1. The van der Waals surface area contributed by atoms with Crippen molar-refractivity contribution in [3.8, 4) is 0 Å². The van der Waals surface area contributed by atoms with Gasteiger partial charge in [-0.05, 0) is 57.2 Å². The number of hydrogen-bond acceptors (Lipinski definition) is 3. The van der Waals surface area contributed by atoms with Gasteiger partial charge in [0.25, 0.3) is 0 Å². The molecular weight excluding hydrogens is 319 g/mol. The summed E-state index contributed by atoms with van der Waals surface area (Å²) in [7, 11) is 0. The van der Waals surface area contributed by atoms with Crippen LogP contribution in [0, 0.1) is 11.7 Å². The van der Waals surface area contributed by atoms with Crippen molar-refractivity contribution >= 4 is 17.7 Å². The fourth-order valence-corrected chi connectivity index (χ4v) is 2.85. The maximum Gasteiger partial charge on any atom is 0.410 e. The van der Waals surface area contributed by atoms with Gasteiger partial charge in [0.15, 0.2) is 0 Å². The van der Waals surface area contributed by atoms with Crippen molar-refractivity contribution in [1.82, 2.24) is 4.90 Å². The summed E-state index contributed by atoms with van der Waals surface area (Å²) in [4.78, 5) is 13.8. The Kier molecular flexibility index (Phi) is 5.53. The van der Waals surface area contributed by atoms with Gasteiger partial charge < -0.3 is 15.4 Å². The number of carbonyl (C=O) groups is 1. The molecule has 128 valence electrons. The average Bonchev–Trinajstić information content (AvgIpc) is 2.91. The standard InChI is InChI=1S/C17H24ClFN2O2/c1-17(2,3)23-16(22)21-7-6-12(10-21)15(20)9-11-4-5-13(18)14(19)8-11/h4-5,8,12,15H,6-7,9-10,20H2,1-3H3. The third kappa shape index (κ3) is 5.08. The van der Waals surface area contributed by atoms with Gasteiger partial charge in [-0.2, -0.15) is 0 Å². The second kappa shape index (κ2) is 7.05. The molecule has 23 heavy (non-hydrogen) atoms. The molecule has 1 fully saturated rings. The fraction of sp³-hybridized carbons (Fsp3) is 0.588. The van der Waals surface area contributed by atoms with Crippen LogP contribution in [0.2, 0.25) is 5.02 Å². The van der Waals surface area contributed by atoms with Gasteiger partial charge in [-0.1, -0.05) is 17.7 Å². The molecule has 6 heteroatoms. The lowest BCUT2D eigenvalue weighted by Crippen LogP contribution is -2.38. The lowest BCUT2D eigenvalue weighted by Gasteiger charge is -2.25. The molecule has 1 saturated heterocycles. The van der Waals surface area contributed by atoms with E-state index in [1.54, 1.807) is 17.0 Å². The van der Waals surface area contributed by atoms with Crippen LogP contribution in [0.4, 0.5) is 9.18 Å². The molecule has 0 radical (unpaired) electrons. The number of likely N-dealkylation sites (tertiary alicyclic amines) is 1. The number of halogens is 2. The summed E-state index contributed by atoms with van der Waals surface area (Å²) in [6.07, 6.45) is 1.09. The van der Waals surface area contributed by atoms with E-state index in [2.05, 4.69) is 0 Å². The summed E-state index contributed by atoms with van der Waals surface area (Å²) in [5.74, 6) is -0.251. The number of benzene rings is 1. The first-order valence-electron chi connectivity index (χ1n) is 7.83. The lowest BCUT2D eigenvalue weighted by atomic mass is 9.93. The molecule has 4 nitrogen and oxygen atoms in total. The molecule has 1 amide bonds. The maximum absolute atomic E-state index is 13.5. The van der Waals surface area contributed by atoms with E-state index < -0.39 is 11.4 Å². The summed E-state index contributed by atoms with van der Waals surface area (Å²) >= 11 is 5.69. The molecule has 0 aliphatic carbocycles. The molecule has 0 spiro atoms. The summed E-state index contributed by atoms with van der Waals surface area (Å²) in [5.41, 5.74) is 6.57. The van der Waals surface area contributed by atoms with Gasteiger partial charge in [-0.3, -0.25) is 0 Å². The molecule has 1 heterocycles. The quantitative estimate of drug-likeness (QED) is 0.913. The minimum absolute atomic E-state index is 0.110. The SMILES string of the molecule is CC(C)(C)OC(=O)N1CCC(C(N)Cc2ccc(Cl)c(F)c2)C1. The molecule has 1 aromatic carbocycles. The summed E-state index contributed by atoms with van der Waals surface area (Å²) < 4.78 is 18.9. The van der Waals surface area contributed by atoms with Crippen LogP contribution in [0.5, 0.6) is 0 Å². The average molecular weight is 343 g/mol. The molecular formula is C17H24ClFN2O2. The maximum atomic E-state index is 13.5. The minimum atomic E-state index is -0.502. The van der Waals surface area contributed by atoms with Crippen molar-refractivity contribution in [3.63, 3.8) is 0 Å². The van der Waals surface area contributed by atoms with Crippen LogP contribution in [0.3, 0.4) is 0 Å². The van der Waals surface area contributed by atoms with Crippen molar-refractivity contribution in [3.05, 3.63) is 34.6 Å². The van der Waals surface area contributed by atoms with E-state index in [0.29, 0.717) is 19.5 Å². The third-order valence-electron chi connectivity index (χ3n) is 3.94. The van der Waals surface area contributed by atoms with Crippen LogP contribution in [0.15, 0.2) is 18.2 Å². The summed E-state index contributed by atoms with van der Waals surface area (Å²) in [6, 6.07) is 4.61. The Morgan fingerprint density at radius 1 is 1.52 bits per heavy atom. The summed E-state index contributed by atoms with van der Waals surface area (Å²) in [5, 5.41) is 0.110. The Bertz CT molecular complexity index is 574. The summed E-state index contributed by atoms with van der Waals surface area (Å²) in [6.45, 7) is 6.76. The van der Waals surface area contributed by atoms with Gasteiger partial charge in [0.2, 0.25) is 0 Å². The largest absolute Gasteiger partial charge is 0.444 e. The molecule has 2 atom stereocenters. The fourth-order valence-electron chi connectivity index (χ4n) is 2.73. The predicted octanol–water partition coefficient (Wildman–Crippen LogP) is 3.61. The minimum Gasteiger partial charge on any atom is -0.444 e. The topological polar surface area (TPSA) is 55.6 Å². The number of amides is 1. The molecule has 2 unspecified atom stereocenters. The van der Waals surface area contributed by atoms with Crippen LogP contribution < -0.4 is 5.73 Å². The van der Waals surface area contributed by atoms with E-state index in [-0.39, 0.29) is 23.1 Å². The van der Waals surface area contributed by atoms with E-state index in [0.717, 1.165) is 12.0 Å². The van der Waals surface area contributed by atoms with E-state index in [1.165, 1.54) is 6.07 Å². The molecule has 2 N–H and O–H groups in total. The molecule has 1 aromatic rings. The number of nitrogens with zero attached hydrogens (tertiary/aromatic N) is 1. The van der Waals surface area contributed by atoms with Crippen LogP contribution in [-0.4, -0.2) is 35.7 Å². The first-order valence-corrected chi connectivity index (χ1v) is 8.21. The zero-order chi connectivity index (χ0) is 17.2. The van der Waals surface area contributed by atoms with Gasteiger partial charge in [0.1, 0.15) is 11.4 Å². The van der Waals surface area contributed by atoms with Gasteiger partial charge in [-0.25, -0.2) is 9.18 Å². The van der Waals surface area contributed by atoms with Crippen molar-refractivity contribution in [2.45, 2.75) is 45.3 Å². The Labute approximate surface area is 141 Å². The molecule has 0 saturated carbocycles. The number of rotatable bonds is 3. The van der Waals surface area contributed by atoms with Gasteiger partial charge in [0.05, 0.1) is 5.02 Å². The van der Waals surface area contributed by atoms with Crippen molar-refractivity contribution < 1.29 is 13.9 Å². The molecule has 2 rings (SSSR count). The highest BCUT2D eigenvalue weighted by molar-refractivity contribution is 6.30. The monoisotopic (exact) mass is 342 g/mol. The van der Waals surface area contributed by atoms with Crippen molar-refractivity contribution in [2.24, 2.45) is 11.7 Å². The van der Waals surface area contributed by atoms with Gasteiger partial charge in [0, 0.05) is 19.1 Å². The van der Waals surface area contributed by atoms with E-state index in [4.69, 9.17) is 22.1 Å². The molecule has 1 aliphatic rings. The highest BCUT2D eigenvalue weighted by atomic mass is 35.5. The second-order valence-corrected chi connectivity index (χ2v) is 7.50. The van der Waals surface area contributed by atoms with Crippen LogP contribution in [0.1, 0.15) is 32.8 Å². The Hall–Kier alpha value is -1.33. The zero-order valence-corrected chi connectivity index (χ0v) is 14.6. The van der Waals surface area contributed by atoms with Crippen molar-refractivity contribution in [2.75, 3.05) is 13.1 Å². The van der Waals surface area contributed by atoms with Gasteiger partial charge in [-0.15, -0.1) is 0 Å². The van der Waals surface area contributed by atoms with E-state index >= 15 is 0 Å². The van der Waals surface area contributed by atoms with Crippen LogP contribution >= 0.6 is 11.6 Å². The van der Waals surface area contributed by atoms with Gasteiger partial charge >= 0.3 is 6.09 Å². The van der Waals surface area contributed by atoms with Crippen LogP contribution in [-0.2, 0) is 11.2 Å². The van der Waals surface area contributed by atoms with Crippen LogP contribution in [0.25, 0.3) is 0 Å². The number of ether oxygens (including phenoxy) is 1. The molecule has 0 aromatic heterocycles. The first-order chi connectivity index (χ1) is 10.7. The number of carbonyl (C=O) groups excluding carboxylic acids is 1. The Morgan fingerprint density at radius 3 is 2.83 bits per heavy atom. The van der Waals surface area contributed by atoms with E-state index in [1.807, 2.05) is 20.8 Å². The highest BCUT2D eigenvalue weighted by Crippen LogP contribution is 2.24. The highest BCUT2D eigenvalue weighted by Gasteiger charge is 2.32. The molecule has 0 bridgehead atoms. The first kappa shape index (κ1) is 18.0. The number of nitrogens with two attached hydrogens (primary N) is 1. The third-order valence-corrected chi connectivity index (χ3v) is 4.24. The second-order valence-electron chi connectivity index (χ2n) is 7.09.